The van der Waals surface area contributed by atoms with Gasteiger partial charge in [0.2, 0.25) is 0 Å². The molecule has 102 valence electrons. The van der Waals surface area contributed by atoms with Gasteiger partial charge < -0.3 is 16.2 Å². The van der Waals surface area contributed by atoms with Crippen molar-refractivity contribution >= 4 is 0 Å². The van der Waals surface area contributed by atoms with Crippen molar-refractivity contribution in [2.75, 3.05) is 20.2 Å². The van der Waals surface area contributed by atoms with Crippen LogP contribution in [0.4, 0.5) is 0 Å². The van der Waals surface area contributed by atoms with Crippen LogP contribution in [0.3, 0.4) is 0 Å². The summed E-state index contributed by atoms with van der Waals surface area (Å²) in [6.45, 7) is 7.91. The monoisotopic (exact) mass is 250 g/mol. The predicted octanol–water partition coefficient (Wildman–Crippen LogP) is 2.28. The highest BCUT2D eigenvalue weighted by Crippen LogP contribution is 2.32. The highest BCUT2D eigenvalue weighted by molar-refractivity contribution is 5.37. The molecule has 0 amide bonds. The summed E-state index contributed by atoms with van der Waals surface area (Å²) < 4.78 is 5.24. The van der Waals surface area contributed by atoms with Crippen molar-refractivity contribution in [3.05, 3.63) is 29.3 Å². The summed E-state index contributed by atoms with van der Waals surface area (Å²) in [5.41, 5.74) is 14.2. The number of rotatable bonds is 6. The van der Waals surface area contributed by atoms with E-state index in [1.54, 1.807) is 7.11 Å². The van der Waals surface area contributed by atoms with Gasteiger partial charge in [-0.1, -0.05) is 19.9 Å². The Labute approximate surface area is 111 Å². The molecule has 3 heteroatoms. The third-order valence-electron chi connectivity index (χ3n) is 4.11. The van der Waals surface area contributed by atoms with Gasteiger partial charge >= 0.3 is 0 Å². The number of nitrogens with two attached hydrogens (primary N) is 2. The highest BCUT2D eigenvalue weighted by Gasteiger charge is 2.23. The summed E-state index contributed by atoms with van der Waals surface area (Å²) in [6.07, 6.45) is 0. The molecule has 0 aliphatic heterocycles. The fourth-order valence-electron chi connectivity index (χ4n) is 2.50. The van der Waals surface area contributed by atoms with Gasteiger partial charge in [0.25, 0.3) is 0 Å². The van der Waals surface area contributed by atoms with Crippen LogP contribution in [0.5, 0.6) is 5.75 Å². The first-order valence-electron chi connectivity index (χ1n) is 6.59. The lowest BCUT2D eigenvalue weighted by Crippen LogP contribution is -2.31. The molecule has 0 spiro atoms. The fraction of sp³-hybridized carbons (Fsp3) is 0.600. The van der Waals surface area contributed by atoms with Gasteiger partial charge in [-0.3, -0.25) is 0 Å². The first-order chi connectivity index (χ1) is 8.54. The normalized spacial score (nSPS) is 14.6. The van der Waals surface area contributed by atoms with Gasteiger partial charge in [0.1, 0.15) is 5.75 Å². The predicted molar refractivity (Wildman–Crippen MR) is 76.9 cm³/mol. The summed E-state index contributed by atoms with van der Waals surface area (Å²) in [6, 6.07) is 6.25. The third kappa shape index (κ3) is 3.24. The number of hydrogen-bond acceptors (Lipinski definition) is 3. The second-order valence-electron chi connectivity index (χ2n) is 5.10. The number of ether oxygens (including phenoxy) is 1. The number of benzene rings is 1. The van der Waals surface area contributed by atoms with Crippen molar-refractivity contribution in [3.63, 3.8) is 0 Å². The molecular weight excluding hydrogens is 224 g/mol. The first kappa shape index (κ1) is 15.0. The van der Waals surface area contributed by atoms with Crippen molar-refractivity contribution in [2.45, 2.75) is 26.7 Å². The van der Waals surface area contributed by atoms with Crippen LogP contribution in [0, 0.1) is 18.8 Å². The van der Waals surface area contributed by atoms with Crippen molar-refractivity contribution in [1.82, 2.24) is 0 Å². The van der Waals surface area contributed by atoms with Gasteiger partial charge in [-0.15, -0.1) is 0 Å². The Morgan fingerprint density at radius 3 is 2.22 bits per heavy atom. The lowest BCUT2D eigenvalue weighted by Gasteiger charge is -2.28. The minimum Gasteiger partial charge on any atom is -0.497 e. The van der Waals surface area contributed by atoms with Gasteiger partial charge in [0.05, 0.1) is 7.11 Å². The summed E-state index contributed by atoms with van der Waals surface area (Å²) in [4.78, 5) is 0. The molecular formula is C15H26N2O. The smallest absolute Gasteiger partial charge is 0.119 e. The second kappa shape index (κ2) is 6.76. The average molecular weight is 250 g/mol. The van der Waals surface area contributed by atoms with Gasteiger partial charge in [-0.25, -0.2) is 0 Å². The van der Waals surface area contributed by atoms with E-state index in [2.05, 4.69) is 32.9 Å². The lowest BCUT2D eigenvalue weighted by molar-refractivity contribution is 0.327. The molecule has 0 bridgehead atoms. The minimum absolute atomic E-state index is 0.376. The quantitative estimate of drug-likeness (QED) is 0.814. The maximum atomic E-state index is 5.78. The van der Waals surface area contributed by atoms with E-state index in [9.17, 15) is 0 Å². The van der Waals surface area contributed by atoms with E-state index in [0.717, 1.165) is 5.75 Å². The first-order valence-corrected chi connectivity index (χ1v) is 6.59. The molecule has 1 aromatic rings. The van der Waals surface area contributed by atoms with E-state index in [4.69, 9.17) is 16.2 Å². The molecule has 1 aromatic carbocycles. The Kier molecular flexibility index (Phi) is 5.63. The molecule has 3 nitrogen and oxygen atoms in total. The Bertz CT molecular complexity index is 375. The summed E-state index contributed by atoms with van der Waals surface area (Å²) in [7, 11) is 1.69. The molecule has 4 N–H and O–H groups in total. The molecule has 0 saturated carbocycles. The summed E-state index contributed by atoms with van der Waals surface area (Å²) in [5.74, 6) is 2.21. The van der Waals surface area contributed by atoms with Gasteiger partial charge in [0.15, 0.2) is 0 Å². The SMILES string of the molecule is COc1ccc(C(C)C(C)C(CN)CN)c(C)c1. The van der Waals surface area contributed by atoms with Gasteiger partial charge in [-0.05, 0) is 61.0 Å². The molecule has 0 heterocycles. The molecule has 0 saturated heterocycles. The molecule has 0 radical (unpaired) electrons. The van der Waals surface area contributed by atoms with Crippen molar-refractivity contribution in [2.24, 2.45) is 23.3 Å². The lowest BCUT2D eigenvalue weighted by atomic mass is 9.79. The molecule has 18 heavy (non-hydrogen) atoms. The van der Waals surface area contributed by atoms with E-state index < -0.39 is 0 Å². The third-order valence-corrected chi connectivity index (χ3v) is 4.11. The van der Waals surface area contributed by atoms with Crippen molar-refractivity contribution < 1.29 is 4.74 Å². The highest BCUT2D eigenvalue weighted by atomic mass is 16.5. The fourth-order valence-corrected chi connectivity index (χ4v) is 2.50. The van der Waals surface area contributed by atoms with Crippen LogP contribution in [-0.2, 0) is 0 Å². The molecule has 2 unspecified atom stereocenters. The Morgan fingerprint density at radius 2 is 1.78 bits per heavy atom. The average Bonchev–Trinajstić information content (AvgIpc) is 2.39. The van der Waals surface area contributed by atoms with Crippen molar-refractivity contribution in [1.29, 1.82) is 0 Å². The molecule has 0 aliphatic rings. The largest absolute Gasteiger partial charge is 0.497 e. The van der Waals surface area contributed by atoms with E-state index in [-0.39, 0.29) is 0 Å². The molecule has 1 rings (SSSR count). The van der Waals surface area contributed by atoms with E-state index in [0.29, 0.717) is 30.8 Å². The zero-order chi connectivity index (χ0) is 13.7. The maximum Gasteiger partial charge on any atom is 0.119 e. The summed E-state index contributed by atoms with van der Waals surface area (Å²) in [5, 5.41) is 0. The van der Waals surface area contributed by atoms with Gasteiger partial charge in [-0.2, -0.15) is 0 Å². The zero-order valence-electron chi connectivity index (χ0n) is 11.9. The van der Waals surface area contributed by atoms with Crippen LogP contribution in [0.25, 0.3) is 0 Å². The van der Waals surface area contributed by atoms with Crippen LogP contribution < -0.4 is 16.2 Å². The summed E-state index contributed by atoms with van der Waals surface area (Å²) >= 11 is 0. The Morgan fingerprint density at radius 1 is 1.17 bits per heavy atom. The molecule has 0 aromatic heterocycles. The standard InChI is InChI=1S/C15H26N2O/c1-10-7-14(18-4)5-6-15(10)12(3)11(2)13(8-16)9-17/h5-7,11-13H,8-9,16-17H2,1-4H3. The number of aryl methyl sites for hydroxylation is 1. The number of methoxy groups -OCH3 is 1. The van der Waals surface area contributed by atoms with Crippen LogP contribution in [0.1, 0.15) is 30.9 Å². The van der Waals surface area contributed by atoms with Crippen LogP contribution in [0.15, 0.2) is 18.2 Å². The minimum atomic E-state index is 0.376. The van der Waals surface area contributed by atoms with Crippen LogP contribution >= 0.6 is 0 Å². The van der Waals surface area contributed by atoms with E-state index in [1.165, 1.54) is 11.1 Å². The van der Waals surface area contributed by atoms with Crippen LogP contribution in [0.2, 0.25) is 0 Å². The Balaban J connectivity index is 2.92. The van der Waals surface area contributed by atoms with Gasteiger partial charge in [0, 0.05) is 0 Å². The molecule has 0 aliphatic carbocycles. The topological polar surface area (TPSA) is 61.3 Å². The zero-order valence-corrected chi connectivity index (χ0v) is 11.9. The second-order valence-corrected chi connectivity index (χ2v) is 5.10. The number of hydrogen-bond donors (Lipinski definition) is 2. The molecule has 2 atom stereocenters. The van der Waals surface area contributed by atoms with Crippen molar-refractivity contribution in [3.8, 4) is 5.75 Å². The van der Waals surface area contributed by atoms with Crippen LogP contribution in [-0.4, -0.2) is 20.2 Å². The van der Waals surface area contributed by atoms with E-state index in [1.807, 2.05) is 6.07 Å². The Hall–Kier alpha value is -1.06. The maximum absolute atomic E-state index is 5.78. The molecule has 0 fully saturated rings. The van der Waals surface area contributed by atoms with E-state index >= 15 is 0 Å².